The first-order chi connectivity index (χ1) is 8.75. The molecule has 0 aromatic carbocycles. The van der Waals surface area contributed by atoms with E-state index in [-0.39, 0.29) is 0 Å². The number of rotatable bonds is 5. The van der Waals surface area contributed by atoms with Crippen LogP contribution in [0.15, 0.2) is 36.9 Å². The zero-order valence-corrected chi connectivity index (χ0v) is 10.6. The summed E-state index contributed by atoms with van der Waals surface area (Å²) < 4.78 is 12.3. The summed E-state index contributed by atoms with van der Waals surface area (Å²) in [5.74, 6) is 0.635. The molecule has 0 amide bonds. The van der Waals surface area contributed by atoms with Crippen LogP contribution in [-0.2, 0) is 11.1 Å². The second-order valence-corrected chi connectivity index (χ2v) is 4.83. The molecule has 2 aromatic heterocycles. The highest BCUT2D eigenvalue weighted by Crippen LogP contribution is 2.13. The van der Waals surface area contributed by atoms with E-state index >= 15 is 0 Å². The van der Waals surface area contributed by atoms with E-state index in [4.69, 9.17) is 4.89 Å². The number of hydrogen-bond donors (Lipinski definition) is 1. The maximum atomic E-state index is 10.5. The lowest BCUT2D eigenvalue weighted by atomic mass is 10.3. The zero-order chi connectivity index (χ0) is 12.8. The third kappa shape index (κ3) is 3.61. The van der Waals surface area contributed by atoms with Gasteiger partial charge in [-0.15, -0.1) is 0 Å². The van der Waals surface area contributed by atoms with Gasteiger partial charge in [-0.25, -0.2) is 9.97 Å². The summed E-state index contributed by atoms with van der Waals surface area (Å²) in [6.45, 7) is 0.623. The van der Waals surface area contributed by atoms with Gasteiger partial charge in [0.15, 0.2) is 24.7 Å². The van der Waals surface area contributed by atoms with E-state index in [1.165, 1.54) is 0 Å². The molecular weight excluding hydrogens is 251 g/mol. The minimum absolute atomic E-state index is 0.299. The molecule has 2 heterocycles. The molecule has 92 valence electrons. The van der Waals surface area contributed by atoms with Crippen LogP contribution in [0.5, 0.6) is 0 Å². The van der Waals surface area contributed by atoms with Crippen LogP contribution >= 0.6 is 8.03 Å². The number of aryl methyl sites for hydroxylation is 1. The minimum Gasteiger partial charge on any atom is -0.237 e. The summed E-state index contributed by atoms with van der Waals surface area (Å²) in [4.78, 5) is 16.9. The fraction of sp³-hybridized carbons (Fsp3) is 0.273. The van der Waals surface area contributed by atoms with E-state index in [2.05, 4.69) is 15.1 Å². The average molecular weight is 264 g/mol. The van der Waals surface area contributed by atoms with Crippen LogP contribution in [0.25, 0.3) is 11.4 Å². The topological polar surface area (TPSA) is 79.9 Å². The summed E-state index contributed by atoms with van der Waals surface area (Å²) in [6, 6.07) is 3.64. The van der Waals surface area contributed by atoms with Gasteiger partial charge in [-0.05, 0) is 15.7 Å². The molecule has 1 unspecified atom stereocenters. The Morgan fingerprint density at radius 3 is 2.72 bits per heavy atom. The van der Waals surface area contributed by atoms with E-state index in [0.29, 0.717) is 25.0 Å². The molecule has 1 N–H and O–H groups in total. The van der Waals surface area contributed by atoms with E-state index in [9.17, 15) is 4.57 Å². The largest absolute Gasteiger partial charge is 0.505 e. The highest BCUT2D eigenvalue weighted by molar-refractivity contribution is 7.37. The van der Waals surface area contributed by atoms with Gasteiger partial charge in [-0.2, -0.15) is 4.89 Å². The van der Waals surface area contributed by atoms with Crippen LogP contribution in [0.1, 0.15) is 6.42 Å². The first-order valence-corrected chi connectivity index (χ1v) is 6.92. The predicted molar refractivity (Wildman–Crippen MR) is 64.8 cm³/mol. The zero-order valence-electron chi connectivity index (χ0n) is 9.68. The summed E-state index contributed by atoms with van der Waals surface area (Å²) in [7, 11) is -2.05. The Hall–Kier alpha value is -1.78. The molecule has 0 aliphatic heterocycles. The van der Waals surface area contributed by atoms with Crippen molar-refractivity contribution in [3.8, 4) is 11.4 Å². The number of nitrogens with zero attached hydrogens (tertiary/aromatic N) is 4. The molecule has 0 aliphatic carbocycles. The number of aromatic nitrogens is 4. The van der Waals surface area contributed by atoms with E-state index in [1.54, 1.807) is 29.3 Å². The van der Waals surface area contributed by atoms with Gasteiger partial charge in [0.1, 0.15) is 6.20 Å². The second-order valence-electron chi connectivity index (χ2n) is 3.68. The van der Waals surface area contributed by atoms with Gasteiger partial charge in [0.05, 0.1) is 6.42 Å². The Morgan fingerprint density at radius 2 is 2.11 bits per heavy atom. The van der Waals surface area contributed by atoms with Crippen molar-refractivity contribution in [1.82, 2.24) is 15.1 Å². The summed E-state index contributed by atoms with van der Waals surface area (Å²) in [5.41, 5.74) is 0.847. The second kappa shape index (κ2) is 6.23. The van der Waals surface area contributed by atoms with Crippen molar-refractivity contribution in [1.29, 1.82) is 0 Å². The maximum Gasteiger partial charge on any atom is 0.505 e. The van der Waals surface area contributed by atoms with Crippen LogP contribution in [0.2, 0.25) is 0 Å². The normalized spacial score (nSPS) is 11.3. The monoisotopic (exact) mass is 264 g/mol. The van der Waals surface area contributed by atoms with Gasteiger partial charge in [0.25, 0.3) is 0 Å². The molecule has 2 rings (SSSR count). The lowest BCUT2D eigenvalue weighted by molar-refractivity contribution is -0.753. The Morgan fingerprint density at radius 1 is 1.33 bits per heavy atom. The molecule has 0 saturated heterocycles. The van der Waals surface area contributed by atoms with Crippen LogP contribution < -0.4 is 4.68 Å². The van der Waals surface area contributed by atoms with E-state index in [0.717, 1.165) is 5.56 Å². The fourth-order valence-corrected chi connectivity index (χ4v) is 1.88. The fourth-order valence-electron chi connectivity index (χ4n) is 1.46. The lowest BCUT2D eigenvalue weighted by Crippen LogP contribution is -2.37. The highest BCUT2D eigenvalue weighted by atomic mass is 31.1. The van der Waals surface area contributed by atoms with Crippen molar-refractivity contribution < 1.29 is 14.1 Å². The van der Waals surface area contributed by atoms with Gasteiger partial charge in [-0.3, -0.25) is 0 Å². The Labute approximate surface area is 105 Å². The van der Waals surface area contributed by atoms with Crippen LogP contribution in [0.3, 0.4) is 0 Å². The van der Waals surface area contributed by atoms with Gasteiger partial charge in [-0.1, -0.05) is 4.68 Å². The Bertz CT molecular complexity index is 518. The summed E-state index contributed by atoms with van der Waals surface area (Å²) >= 11 is 0. The van der Waals surface area contributed by atoms with Crippen LogP contribution in [0, 0.1) is 0 Å². The lowest BCUT2D eigenvalue weighted by Gasteiger charge is -1.96. The van der Waals surface area contributed by atoms with Crippen molar-refractivity contribution in [3.05, 3.63) is 36.9 Å². The van der Waals surface area contributed by atoms with Crippen molar-refractivity contribution in [3.63, 3.8) is 0 Å². The molecule has 2 aromatic rings. The van der Waals surface area contributed by atoms with Crippen LogP contribution in [-0.4, -0.2) is 26.1 Å². The molecule has 0 saturated carbocycles. The third-order valence-electron chi connectivity index (χ3n) is 2.33. The first kappa shape index (κ1) is 12.7. The summed E-state index contributed by atoms with van der Waals surface area (Å²) in [5, 5.41) is 4.21. The summed E-state index contributed by atoms with van der Waals surface area (Å²) in [6.07, 6.45) is 7.80. The number of hydrogen-bond acceptors (Lipinski definition) is 4. The molecule has 6 nitrogen and oxygen atoms in total. The molecule has 0 spiro atoms. The maximum absolute atomic E-state index is 10.5. The standard InChI is InChI=1S/C11H12N4O2P/c16-18(17)8-2-6-15-7-3-10(9-14-15)11-12-4-1-5-13-11/h1,3-5,7,9H,2,6,8H2/q+1/p+1. The van der Waals surface area contributed by atoms with Gasteiger partial charge in [0, 0.05) is 24.0 Å². The molecule has 0 radical (unpaired) electrons. The molecule has 0 bridgehead atoms. The van der Waals surface area contributed by atoms with Gasteiger partial charge < -0.3 is 0 Å². The SMILES string of the molecule is O=[P+](O)CCC[n+]1ccc(-c2ncccn2)cn1. The van der Waals surface area contributed by atoms with E-state index < -0.39 is 8.03 Å². The van der Waals surface area contributed by atoms with E-state index in [1.807, 2.05) is 12.3 Å². The minimum atomic E-state index is -2.05. The third-order valence-corrected chi connectivity index (χ3v) is 3.03. The van der Waals surface area contributed by atoms with Crippen molar-refractivity contribution in [2.45, 2.75) is 13.0 Å². The van der Waals surface area contributed by atoms with Crippen molar-refractivity contribution in [2.24, 2.45) is 0 Å². The molecule has 7 heteroatoms. The molecule has 18 heavy (non-hydrogen) atoms. The van der Waals surface area contributed by atoms with Crippen molar-refractivity contribution >= 4 is 8.03 Å². The highest BCUT2D eigenvalue weighted by Gasteiger charge is 2.12. The van der Waals surface area contributed by atoms with Crippen LogP contribution in [0.4, 0.5) is 0 Å². The molecule has 0 aliphatic rings. The molecular formula is C11H13N4O2P+2. The quantitative estimate of drug-likeness (QED) is 0.642. The predicted octanol–water partition coefficient (Wildman–Crippen LogP) is 0.951. The van der Waals surface area contributed by atoms with Crippen molar-refractivity contribution in [2.75, 3.05) is 6.16 Å². The molecule has 0 fully saturated rings. The smallest absolute Gasteiger partial charge is 0.237 e. The van der Waals surface area contributed by atoms with Gasteiger partial charge >= 0.3 is 8.03 Å². The van der Waals surface area contributed by atoms with Gasteiger partial charge in [0.2, 0.25) is 0 Å². The average Bonchev–Trinajstić information content (AvgIpc) is 2.40. The Kier molecular flexibility index (Phi) is 4.39. The molecule has 1 atom stereocenters. The Balaban J connectivity index is 2.00. The first-order valence-electron chi connectivity index (χ1n) is 5.52.